The Kier molecular flexibility index (Phi) is 3.43. The minimum absolute atomic E-state index is 0.598. The topological polar surface area (TPSA) is 38.0 Å². The highest BCUT2D eigenvalue weighted by Crippen LogP contribution is 2.31. The molecular formula is C17H22N2. The Bertz CT molecular complexity index is 576. The van der Waals surface area contributed by atoms with Crippen molar-refractivity contribution in [2.24, 2.45) is 11.7 Å². The van der Waals surface area contributed by atoms with Crippen LogP contribution in [-0.4, -0.2) is 6.04 Å². The standard InChI is InChI=1S/C17H22N2/c1-12-6-8-14(10-12)19-17-9-7-13(11-18)15-4-2-3-5-16(15)17/h2-5,7,9,12,14,19H,6,8,10-11,18H2,1H3. The monoisotopic (exact) mass is 254 g/mol. The molecule has 0 bridgehead atoms. The van der Waals surface area contributed by atoms with Crippen molar-refractivity contribution in [3.63, 3.8) is 0 Å². The molecule has 0 saturated heterocycles. The van der Waals surface area contributed by atoms with E-state index in [-0.39, 0.29) is 0 Å². The molecule has 0 amide bonds. The van der Waals surface area contributed by atoms with Crippen molar-refractivity contribution in [3.8, 4) is 0 Å². The van der Waals surface area contributed by atoms with Crippen LogP contribution in [0, 0.1) is 5.92 Å². The molecule has 0 spiro atoms. The number of nitrogens with two attached hydrogens (primary N) is 1. The van der Waals surface area contributed by atoms with Crippen molar-refractivity contribution in [2.45, 2.75) is 38.8 Å². The SMILES string of the molecule is CC1CCC(Nc2ccc(CN)c3ccccc23)C1. The molecule has 1 saturated carbocycles. The van der Waals surface area contributed by atoms with E-state index >= 15 is 0 Å². The van der Waals surface area contributed by atoms with Gasteiger partial charge < -0.3 is 11.1 Å². The van der Waals surface area contributed by atoms with Crippen LogP contribution < -0.4 is 11.1 Å². The summed E-state index contributed by atoms with van der Waals surface area (Å²) in [6.45, 7) is 2.94. The summed E-state index contributed by atoms with van der Waals surface area (Å²) in [5.41, 5.74) is 8.31. The van der Waals surface area contributed by atoms with Crippen molar-refractivity contribution in [1.82, 2.24) is 0 Å². The van der Waals surface area contributed by atoms with E-state index in [1.165, 1.54) is 41.3 Å². The fraction of sp³-hybridized carbons (Fsp3) is 0.412. The summed E-state index contributed by atoms with van der Waals surface area (Å²) in [7, 11) is 0. The highest BCUT2D eigenvalue weighted by Gasteiger charge is 2.21. The van der Waals surface area contributed by atoms with Gasteiger partial charge in [0.05, 0.1) is 0 Å². The summed E-state index contributed by atoms with van der Waals surface area (Å²) in [6, 6.07) is 13.5. The van der Waals surface area contributed by atoms with Gasteiger partial charge >= 0.3 is 0 Å². The number of rotatable bonds is 3. The summed E-state index contributed by atoms with van der Waals surface area (Å²) >= 11 is 0. The van der Waals surface area contributed by atoms with E-state index in [4.69, 9.17) is 5.73 Å². The van der Waals surface area contributed by atoms with Crippen LogP contribution in [-0.2, 0) is 6.54 Å². The third-order valence-corrected chi connectivity index (χ3v) is 4.29. The first-order valence-corrected chi connectivity index (χ1v) is 7.25. The van der Waals surface area contributed by atoms with Crippen LogP contribution >= 0.6 is 0 Å². The van der Waals surface area contributed by atoms with Crippen LogP contribution in [0.4, 0.5) is 5.69 Å². The van der Waals surface area contributed by atoms with Gasteiger partial charge in [0.25, 0.3) is 0 Å². The van der Waals surface area contributed by atoms with E-state index in [0.717, 1.165) is 5.92 Å². The van der Waals surface area contributed by atoms with Crippen LogP contribution in [0.2, 0.25) is 0 Å². The van der Waals surface area contributed by atoms with Gasteiger partial charge in [-0.05, 0) is 42.2 Å². The van der Waals surface area contributed by atoms with Gasteiger partial charge in [0.2, 0.25) is 0 Å². The predicted molar refractivity (Wildman–Crippen MR) is 82.3 cm³/mol. The molecule has 2 unspecified atom stereocenters. The van der Waals surface area contributed by atoms with Crippen LogP contribution in [0.5, 0.6) is 0 Å². The second-order valence-corrected chi connectivity index (χ2v) is 5.78. The van der Waals surface area contributed by atoms with E-state index in [2.05, 4.69) is 48.6 Å². The molecule has 100 valence electrons. The fourth-order valence-electron chi connectivity index (χ4n) is 3.22. The molecule has 2 atom stereocenters. The van der Waals surface area contributed by atoms with Crippen LogP contribution in [0.25, 0.3) is 10.8 Å². The molecular weight excluding hydrogens is 232 g/mol. The third kappa shape index (κ3) is 2.45. The van der Waals surface area contributed by atoms with Crippen molar-refractivity contribution in [3.05, 3.63) is 42.0 Å². The molecule has 2 heteroatoms. The molecule has 2 aromatic carbocycles. The second kappa shape index (κ2) is 5.22. The quantitative estimate of drug-likeness (QED) is 0.871. The molecule has 1 fully saturated rings. The minimum atomic E-state index is 0.598. The maximum atomic E-state index is 5.83. The zero-order chi connectivity index (χ0) is 13.2. The predicted octanol–water partition coefficient (Wildman–Crippen LogP) is 3.90. The second-order valence-electron chi connectivity index (χ2n) is 5.78. The molecule has 3 rings (SSSR count). The van der Waals surface area contributed by atoms with Gasteiger partial charge in [0.15, 0.2) is 0 Å². The molecule has 2 aromatic rings. The minimum Gasteiger partial charge on any atom is -0.382 e. The van der Waals surface area contributed by atoms with E-state index in [9.17, 15) is 0 Å². The van der Waals surface area contributed by atoms with Gasteiger partial charge in [-0.3, -0.25) is 0 Å². The first kappa shape index (κ1) is 12.5. The largest absolute Gasteiger partial charge is 0.382 e. The lowest BCUT2D eigenvalue weighted by atomic mass is 10.0. The first-order valence-electron chi connectivity index (χ1n) is 7.25. The maximum Gasteiger partial charge on any atom is 0.0422 e. The van der Waals surface area contributed by atoms with E-state index in [0.29, 0.717) is 12.6 Å². The molecule has 1 aliphatic carbocycles. The Morgan fingerprint density at radius 3 is 2.58 bits per heavy atom. The summed E-state index contributed by atoms with van der Waals surface area (Å²) in [6.07, 6.45) is 3.91. The number of anilines is 1. The Morgan fingerprint density at radius 2 is 1.89 bits per heavy atom. The third-order valence-electron chi connectivity index (χ3n) is 4.29. The highest BCUT2D eigenvalue weighted by atomic mass is 14.9. The first-order chi connectivity index (χ1) is 9.28. The van der Waals surface area contributed by atoms with Gasteiger partial charge in [-0.25, -0.2) is 0 Å². The van der Waals surface area contributed by atoms with Gasteiger partial charge in [-0.1, -0.05) is 37.3 Å². The molecule has 3 N–H and O–H groups in total. The molecule has 0 aliphatic heterocycles. The van der Waals surface area contributed by atoms with E-state index < -0.39 is 0 Å². The van der Waals surface area contributed by atoms with Crippen LogP contribution in [0.3, 0.4) is 0 Å². The molecule has 1 aliphatic rings. The summed E-state index contributed by atoms with van der Waals surface area (Å²) in [5, 5.41) is 6.30. The number of hydrogen-bond donors (Lipinski definition) is 2. The van der Waals surface area contributed by atoms with Gasteiger partial charge in [0, 0.05) is 23.7 Å². The van der Waals surface area contributed by atoms with Crippen molar-refractivity contribution in [1.29, 1.82) is 0 Å². The summed E-state index contributed by atoms with van der Waals surface area (Å²) < 4.78 is 0. The smallest absolute Gasteiger partial charge is 0.0422 e. The average Bonchev–Trinajstić information content (AvgIpc) is 2.85. The number of benzene rings is 2. The lowest BCUT2D eigenvalue weighted by molar-refractivity contribution is 0.603. The molecule has 2 nitrogen and oxygen atoms in total. The van der Waals surface area contributed by atoms with Crippen LogP contribution in [0.15, 0.2) is 36.4 Å². The molecule has 19 heavy (non-hydrogen) atoms. The fourth-order valence-corrected chi connectivity index (χ4v) is 3.22. The number of fused-ring (bicyclic) bond motifs is 1. The normalized spacial score (nSPS) is 22.8. The molecule has 0 aromatic heterocycles. The number of hydrogen-bond acceptors (Lipinski definition) is 2. The lowest BCUT2D eigenvalue weighted by Crippen LogP contribution is -2.15. The zero-order valence-corrected chi connectivity index (χ0v) is 11.5. The highest BCUT2D eigenvalue weighted by molar-refractivity contribution is 5.96. The molecule has 0 heterocycles. The average molecular weight is 254 g/mol. The van der Waals surface area contributed by atoms with Gasteiger partial charge in [-0.2, -0.15) is 0 Å². The summed E-state index contributed by atoms with van der Waals surface area (Å²) in [4.78, 5) is 0. The van der Waals surface area contributed by atoms with Crippen LogP contribution in [0.1, 0.15) is 31.7 Å². The van der Waals surface area contributed by atoms with Gasteiger partial charge in [0.1, 0.15) is 0 Å². The lowest BCUT2D eigenvalue weighted by Gasteiger charge is -2.17. The Hall–Kier alpha value is -1.54. The Morgan fingerprint density at radius 1 is 1.11 bits per heavy atom. The summed E-state index contributed by atoms with van der Waals surface area (Å²) in [5.74, 6) is 0.854. The van der Waals surface area contributed by atoms with Gasteiger partial charge in [-0.15, -0.1) is 0 Å². The maximum absolute atomic E-state index is 5.83. The van der Waals surface area contributed by atoms with Crippen molar-refractivity contribution >= 4 is 16.5 Å². The Labute approximate surface area is 115 Å². The van der Waals surface area contributed by atoms with E-state index in [1.54, 1.807) is 0 Å². The van der Waals surface area contributed by atoms with E-state index in [1.807, 2.05) is 0 Å². The zero-order valence-electron chi connectivity index (χ0n) is 11.5. The van der Waals surface area contributed by atoms with Crippen molar-refractivity contribution < 1.29 is 0 Å². The van der Waals surface area contributed by atoms with Crippen molar-refractivity contribution in [2.75, 3.05) is 5.32 Å². The molecule has 0 radical (unpaired) electrons. The Balaban J connectivity index is 1.95. The number of nitrogens with one attached hydrogen (secondary N) is 1.